The highest BCUT2D eigenvalue weighted by molar-refractivity contribution is 8.13. The van der Waals surface area contributed by atoms with Gasteiger partial charge in [0, 0.05) is 31.8 Å². The fourth-order valence-corrected chi connectivity index (χ4v) is 2.35. The summed E-state index contributed by atoms with van der Waals surface area (Å²) in [5.74, 6) is -2.17. The molecular weight excluding hydrogens is 358 g/mol. The van der Waals surface area contributed by atoms with Gasteiger partial charge in [0.25, 0.3) is 0 Å². The topological polar surface area (TPSA) is 128 Å². The number of thioether (sulfide) groups is 2. The average molecular weight is 377 g/mol. The lowest BCUT2D eigenvalue weighted by Crippen LogP contribution is -2.17. The van der Waals surface area contributed by atoms with Crippen LogP contribution in [0, 0.1) is 5.41 Å². The molecule has 0 aromatic rings. The first kappa shape index (κ1) is 22.3. The molecule has 1 N–H and O–H groups in total. The normalized spacial score (nSPS) is 9.92. The zero-order valence-electron chi connectivity index (χ0n) is 13.4. The molecule has 134 valence electrons. The third-order valence-corrected chi connectivity index (χ3v) is 3.87. The molecule has 0 aromatic carbocycles. The Hall–Kier alpha value is -1.68. The number of carbonyl (C=O) groups excluding carboxylic acids is 5. The van der Waals surface area contributed by atoms with E-state index in [4.69, 9.17) is 5.41 Å². The van der Waals surface area contributed by atoms with E-state index < -0.39 is 23.8 Å². The van der Waals surface area contributed by atoms with Crippen molar-refractivity contribution in [1.82, 2.24) is 0 Å². The van der Waals surface area contributed by atoms with Crippen molar-refractivity contribution < 1.29 is 33.4 Å². The molecule has 0 amide bonds. The average Bonchev–Trinajstić information content (AvgIpc) is 2.44. The van der Waals surface area contributed by atoms with E-state index in [0.29, 0.717) is 0 Å². The summed E-state index contributed by atoms with van der Waals surface area (Å²) in [6.45, 7) is 2.75. The first-order valence-corrected chi connectivity index (χ1v) is 8.96. The maximum Gasteiger partial charge on any atom is 0.314 e. The van der Waals surface area contributed by atoms with Crippen LogP contribution in [0.1, 0.15) is 39.5 Å². The molecule has 0 atom stereocenters. The van der Waals surface area contributed by atoms with Crippen molar-refractivity contribution in [2.45, 2.75) is 39.5 Å². The number of hydrogen-bond donors (Lipinski definition) is 1. The van der Waals surface area contributed by atoms with Crippen LogP contribution in [0.5, 0.6) is 0 Å². The molecule has 0 rings (SSSR count). The van der Waals surface area contributed by atoms with Gasteiger partial charge >= 0.3 is 17.9 Å². The fourth-order valence-electron chi connectivity index (χ4n) is 1.24. The largest absolute Gasteiger partial charge is 0.412 e. The van der Waals surface area contributed by atoms with Crippen molar-refractivity contribution in [3.8, 4) is 0 Å². The van der Waals surface area contributed by atoms with Crippen LogP contribution in [0.4, 0.5) is 0 Å². The highest BCUT2D eigenvalue weighted by Gasteiger charge is 2.14. The second-order valence-corrected chi connectivity index (χ2v) is 6.97. The summed E-state index contributed by atoms with van der Waals surface area (Å²) in [7, 11) is 0. The number of hydrogen-bond acceptors (Lipinski definition) is 10. The lowest BCUT2D eigenvalue weighted by molar-refractivity contribution is -0.159. The van der Waals surface area contributed by atoms with Gasteiger partial charge in [-0.3, -0.25) is 29.4 Å². The molecule has 24 heavy (non-hydrogen) atoms. The molecule has 0 bridgehead atoms. The van der Waals surface area contributed by atoms with Gasteiger partial charge in [-0.1, -0.05) is 23.5 Å². The molecule has 0 aliphatic rings. The highest BCUT2D eigenvalue weighted by Crippen LogP contribution is 2.06. The first-order chi connectivity index (χ1) is 11.2. The molecule has 0 aromatic heterocycles. The van der Waals surface area contributed by atoms with Crippen LogP contribution in [-0.4, -0.2) is 45.5 Å². The van der Waals surface area contributed by atoms with Crippen molar-refractivity contribution in [3.63, 3.8) is 0 Å². The van der Waals surface area contributed by atoms with E-state index in [1.54, 1.807) is 0 Å². The number of esters is 3. The molecule has 10 heteroatoms. The maximum absolute atomic E-state index is 11.4. The zero-order chi connectivity index (χ0) is 18.5. The Labute approximate surface area is 147 Å². The van der Waals surface area contributed by atoms with Crippen LogP contribution in [0.15, 0.2) is 0 Å². The molecule has 8 nitrogen and oxygen atoms in total. The van der Waals surface area contributed by atoms with Gasteiger partial charge in [0.2, 0.25) is 0 Å². The summed E-state index contributed by atoms with van der Waals surface area (Å²) in [5, 5.41) is 7.17. The van der Waals surface area contributed by atoms with Gasteiger partial charge in [-0.15, -0.1) is 0 Å². The van der Waals surface area contributed by atoms with E-state index in [0.717, 1.165) is 23.5 Å². The predicted molar refractivity (Wildman–Crippen MR) is 89.7 cm³/mol. The zero-order valence-corrected chi connectivity index (χ0v) is 15.0. The molecule has 0 aliphatic heterocycles. The summed E-state index contributed by atoms with van der Waals surface area (Å²) in [6.07, 6.45) is -0.556. The second kappa shape index (κ2) is 12.7. The Balaban J connectivity index is 3.86. The fraction of sp³-hybridized carbons (Fsp3) is 0.571. The van der Waals surface area contributed by atoms with Crippen LogP contribution < -0.4 is 0 Å². The quantitative estimate of drug-likeness (QED) is 0.276. The maximum atomic E-state index is 11.4. The third-order valence-electron chi connectivity index (χ3n) is 2.24. The Morgan fingerprint density at radius 2 is 1.12 bits per heavy atom. The molecule has 0 radical (unpaired) electrons. The third kappa shape index (κ3) is 13.9. The van der Waals surface area contributed by atoms with E-state index >= 15 is 0 Å². The van der Waals surface area contributed by atoms with E-state index in [1.165, 1.54) is 13.8 Å². The number of nitrogens with one attached hydrogen (secondary N) is 1. The van der Waals surface area contributed by atoms with Crippen LogP contribution in [-0.2, 0) is 33.4 Å². The van der Waals surface area contributed by atoms with Crippen molar-refractivity contribution in [2.24, 2.45) is 0 Å². The molecule has 0 fully saturated rings. The highest BCUT2D eigenvalue weighted by atomic mass is 32.2. The first-order valence-electron chi connectivity index (χ1n) is 6.99. The summed E-state index contributed by atoms with van der Waals surface area (Å²) in [4.78, 5) is 55.4. The second-order valence-electron chi connectivity index (χ2n) is 4.42. The van der Waals surface area contributed by atoms with Gasteiger partial charge in [-0.25, -0.2) is 0 Å². The number of ether oxygens (including phenoxy) is 2. The Bertz CT molecular complexity index is 473. The minimum absolute atomic E-state index is 0.0244. The van der Waals surface area contributed by atoms with Crippen LogP contribution in [0.3, 0.4) is 0 Å². The van der Waals surface area contributed by atoms with Crippen molar-refractivity contribution >= 4 is 57.6 Å². The van der Waals surface area contributed by atoms with Gasteiger partial charge in [-0.05, 0) is 0 Å². The SMILES string of the molecule is CC(=O)SCCC(=O)OC(=N)CCC(=O)OC(=O)CCSC(C)=O. The smallest absolute Gasteiger partial charge is 0.314 e. The molecule has 0 unspecified atom stereocenters. The molecule has 0 aliphatic carbocycles. The molecule has 0 spiro atoms. The molecule has 0 saturated carbocycles. The van der Waals surface area contributed by atoms with Crippen molar-refractivity contribution in [1.29, 1.82) is 5.41 Å². The Morgan fingerprint density at radius 1 is 0.708 bits per heavy atom. The van der Waals surface area contributed by atoms with Crippen LogP contribution in [0.2, 0.25) is 0 Å². The van der Waals surface area contributed by atoms with Gasteiger partial charge < -0.3 is 9.47 Å². The van der Waals surface area contributed by atoms with Crippen molar-refractivity contribution in [3.05, 3.63) is 0 Å². The molecule has 0 heterocycles. The summed E-state index contributed by atoms with van der Waals surface area (Å²) in [6, 6.07) is 0. The summed E-state index contributed by atoms with van der Waals surface area (Å²) >= 11 is 1.93. The van der Waals surface area contributed by atoms with Gasteiger partial charge in [0.05, 0.1) is 19.3 Å². The summed E-state index contributed by atoms with van der Waals surface area (Å²) in [5.41, 5.74) is 0. The van der Waals surface area contributed by atoms with Crippen LogP contribution >= 0.6 is 23.5 Å². The molecule has 0 saturated heterocycles. The van der Waals surface area contributed by atoms with E-state index in [9.17, 15) is 24.0 Å². The van der Waals surface area contributed by atoms with E-state index in [-0.39, 0.29) is 47.4 Å². The Morgan fingerprint density at radius 3 is 1.58 bits per heavy atom. The van der Waals surface area contributed by atoms with Gasteiger partial charge in [-0.2, -0.15) is 0 Å². The number of rotatable bonds is 9. The number of carbonyl (C=O) groups is 5. The minimum Gasteiger partial charge on any atom is -0.412 e. The summed E-state index contributed by atoms with van der Waals surface area (Å²) < 4.78 is 9.16. The standard InChI is InChI=1S/C14H19NO7S2/c1-9(16)23-7-5-13(19)21-11(15)3-4-12(18)22-14(20)6-8-24-10(2)17/h15H,3-8H2,1-2H3. The van der Waals surface area contributed by atoms with Gasteiger partial charge in [0.1, 0.15) is 0 Å². The van der Waals surface area contributed by atoms with E-state index in [2.05, 4.69) is 9.47 Å². The Kier molecular flexibility index (Phi) is 11.8. The lowest BCUT2D eigenvalue weighted by atomic mass is 10.3. The predicted octanol–water partition coefficient (Wildman–Crippen LogP) is 1.70. The molecular formula is C14H19NO7S2. The van der Waals surface area contributed by atoms with Crippen LogP contribution in [0.25, 0.3) is 0 Å². The minimum atomic E-state index is -0.833. The monoisotopic (exact) mass is 377 g/mol. The van der Waals surface area contributed by atoms with E-state index in [1.807, 2.05) is 0 Å². The van der Waals surface area contributed by atoms with Gasteiger partial charge in [0.15, 0.2) is 16.1 Å². The van der Waals surface area contributed by atoms with Crippen molar-refractivity contribution in [2.75, 3.05) is 11.5 Å². The lowest BCUT2D eigenvalue weighted by Gasteiger charge is -2.05.